The molecule has 3 atom stereocenters. The third kappa shape index (κ3) is 4.46. The summed E-state index contributed by atoms with van der Waals surface area (Å²) >= 11 is 0. The first-order valence-electron chi connectivity index (χ1n) is 9.08. The molecule has 1 aliphatic rings. The lowest BCUT2D eigenvalue weighted by molar-refractivity contribution is 0.113. The maximum atomic E-state index is 10.5. The van der Waals surface area contributed by atoms with Crippen LogP contribution < -0.4 is 0 Å². The molecule has 0 saturated carbocycles. The van der Waals surface area contributed by atoms with Crippen LogP contribution in [0.4, 0.5) is 0 Å². The largest absolute Gasteiger partial charge is 0.387 e. The molecule has 4 nitrogen and oxygen atoms in total. The van der Waals surface area contributed by atoms with Crippen molar-refractivity contribution in [1.82, 2.24) is 14.8 Å². The number of aliphatic hydroxyl groups is 1. The van der Waals surface area contributed by atoms with Crippen molar-refractivity contribution in [2.24, 2.45) is 5.92 Å². The zero-order valence-corrected chi connectivity index (χ0v) is 15.5. The number of pyridine rings is 1. The van der Waals surface area contributed by atoms with E-state index in [1.165, 1.54) is 17.5 Å². The fraction of sp³-hybridized carbons (Fsp3) is 0.476. The number of rotatable bonds is 6. The van der Waals surface area contributed by atoms with E-state index in [1.54, 1.807) is 0 Å². The Morgan fingerprint density at radius 3 is 2.72 bits per heavy atom. The Morgan fingerprint density at radius 2 is 2.04 bits per heavy atom. The van der Waals surface area contributed by atoms with Gasteiger partial charge >= 0.3 is 0 Å². The van der Waals surface area contributed by atoms with Crippen molar-refractivity contribution in [1.29, 1.82) is 0 Å². The first-order chi connectivity index (χ1) is 12.0. The van der Waals surface area contributed by atoms with Crippen LogP contribution in [-0.4, -0.2) is 53.6 Å². The van der Waals surface area contributed by atoms with E-state index in [1.807, 2.05) is 30.6 Å². The van der Waals surface area contributed by atoms with E-state index in [-0.39, 0.29) is 0 Å². The monoisotopic (exact) mass is 339 g/mol. The normalized spacial score (nSPS) is 22.4. The van der Waals surface area contributed by atoms with Crippen LogP contribution in [0.5, 0.6) is 0 Å². The van der Waals surface area contributed by atoms with Gasteiger partial charge in [0.25, 0.3) is 0 Å². The van der Waals surface area contributed by atoms with E-state index in [0.29, 0.717) is 18.5 Å². The second-order valence-corrected chi connectivity index (χ2v) is 7.41. The van der Waals surface area contributed by atoms with Gasteiger partial charge in [-0.25, -0.2) is 0 Å². The summed E-state index contributed by atoms with van der Waals surface area (Å²) in [6.07, 6.45) is 4.56. The number of hydrogen-bond acceptors (Lipinski definition) is 4. The highest BCUT2D eigenvalue weighted by atomic mass is 16.3. The number of benzene rings is 1. The van der Waals surface area contributed by atoms with E-state index in [9.17, 15) is 5.11 Å². The summed E-state index contributed by atoms with van der Waals surface area (Å²) in [6, 6.07) is 12.8. The van der Waals surface area contributed by atoms with Gasteiger partial charge in [-0.15, -0.1) is 0 Å². The van der Waals surface area contributed by atoms with Gasteiger partial charge in [-0.3, -0.25) is 9.88 Å². The maximum absolute atomic E-state index is 10.5. The smallest absolute Gasteiger partial charge is 0.0916 e. The van der Waals surface area contributed by atoms with Gasteiger partial charge in [-0.05, 0) is 57.1 Å². The molecule has 0 unspecified atom stereocenters. The van der Waals surface area contributed by atoms with Gasteiger partial charge in [-0.1, -0.05) is 35.9 Å². The topological polar surface area (TPSA) is 39.6 Å². The molecule has 0 bridgehead atoms. The van der Waals surface area contributed by atoms with Crippen LogP contribution in [0.25, 0.3) is 0 Å². The quantitative estimate of drug-likeness (QED) is 0.878. The Labute approximate surface area is 151 Å². The van der Waals surface area contributed by atoms with Crippen molar-refractivity contribution >= 4 is 0 Å². The molecule has 3 rings (SSSR count). The number of likely N-dealkylation sites (tertiary alicyclic amines) is 1. The van der Waals surface area contributed by atoms with Crippen molar-refractivity contribution in [3.05, 3.63) is 65.5 Å². The van der Waals surface area contributed by atoms with Crippen molar-refractivity contribution in [3.8, 4) is 0 Å². The van der Waals surface area contributed by atoms with Gasteiger partial charge in [0.1, 0.15) is 0 Å². The predicted octanol–water partition coefficient (Wildman–Crippen LogP) is 3.05. The maximum Gasteiger partial charge on any atom is 0.0916 e. The number of aromatic nitrogens is 1. The van der Waals surface area contributed by atoms with Gasteiger partial charge in [0.2, 0.25) is 0 Å². The third-order valence-corrected chi connectivity index (χ3v) is 5.29. The molecule has 1 saturated heterocycles. The highest BCUT2D eigenvalue weighted by molar-refractivity contribution is 5.23. The fourth-order valence-electron chi connectivity index (χ4n) is 3.96. The summed E-state index contributed by atoms with van der Waals surface area (Å²) in [5, 5.41) is 10.5. The van der Waals surface area contributed by atoms with Crippen molar-refractivity contribution < 1.29 is 5.11 Å². The van der Waals surface area contributed by atoms with Gasteiger partial charge in [0.05, 0.1) is 6.10 Å². The minimum atomic E-state index is -0.443. The Hall–Kier alpha value is -1.75. The highest BCUT2D eigenvalue weighted by Gasteiger charge is 2.33. The van der Waals surface area contributed by atoms with E-state index in [2.05, 4.69) is 54.0 Å². The summed E-state index contributed by atoms with van der Waals surface area (Å²) < 4.78 is 0. The Morgan fingerprint density at radius 1 is 1.28 bits per heavy atom. The molecule has 4 heteroatoms. The van der Waals surface area contributed by atoms with E-state index >= 15 is 0 Å². The van der Waals surface area contributed by atoms with Crippen LogP contribution in [0.15, 0.2) is 48.8 Å². The number of aryl methyl sites for hydroxylation is 1. The van der Waals surface area contributed by atoms with Crippen LogP contribution in [-0.2, 0) is 0 Å². The van der Waals surface area contributed by atoms with E-state index < -0.39 is 6.10 Å². The van der Waals surface area contributed by atoms with Crippen LogP contribution >= 0.6 is 0 Å². The first kappa shape index (κ1) is 18.1. The Balaban J connectivity index is 1.61. The number of nitrogens with zero attached hydrogens (tertiary/aromatic N) is 3. The molecule has 2 heterocycles. The Kier molecular flexibility index (Phi) is 5.84. The zero-order valence-electron chi connectivity index (χ0n) is 15.5. The Bertz CT molecular complexity index is 659. The molecule has 2 aromatic rings. The predicted molar refractivity (Wildman–Crippen MR) is 101 cm³/mol. The van der Waals surface area contributed by atoms with Crippen molar-refractivity contribution in [2.45, 2.75) is 25.5 Å². The van der Waals surface area contributed by atoms with E-state index in [0.717, 1.165) is 18.7 Å². The molecule has 0 radical (unpaired) electrons. The second kappa shape index (κ2) is 8.09. The van der Waals surface area contributed by atoms with Gasteiger partial charge in [-0.2, -0.15) is 0 Å². The van der Waals surface area contributed by atoms with Crippen molar-refractivity contribution in [3.63, 3.8) is 0 Å². The fourth-order valence-corrected chi connectivity index (χ4v) is 3.96. The third-order valence-electron chi connectivity index (χ3n) is 5.29. The zero-order chi connectivity index (χ0) is 17.8. The SMILES string of the molecule is Cc1ccc([C@H](O)CN(C)C[C@@H]2CCN(C)[C@H]2c2cccnc2)cc1. The average Bonchev–Trinajstić information content (AvgIpc) is 2.96. The molecular formula is C21H29N3O. The summed E-state index contributed by atoms with van der Waals surface area (Å²) in [6.45, 7) is 4.81. The van der Waals surface area contributed by atoms with Gasteiger partial charge < -0.3 is 10.0 Å². The van der Waals surface area contributed by atoms with Crippen LogP contribution in [0.3, 0.4) is 0 Å². The van der Waals surface area contributed by atoms with Crippen LogP contribution in [0, 0.1) is 12.8 Å². The molecule has 1 aromatic heterocycles. The molecule has 0 amide bonds. The van der Waals surface area contributed by atoms with Gasteiger partial charge in [0, 0.05) is 31.5 Å². The summed E-state index contributed by atoms with van der Waals surface area (Å²) in [5.41, 5.74) is 3.50. The lowest BCUT2D eigenvalue weighted by Crippen LogP contribution is -2.32. The molecule has 0 spiro atoms. The molecule has 1 N–H and O–H groups in total. The van der Waals surface area contributed by atoms with E-state index in [4.69, 9.17) is 0 Å². The number of likely N-dealkylation sites (N-methyl/N-ethyl adjacent to an activating group) is 1. The first-order valence-corrected chi connectivity index (χ1v) is 9.08. The number of aliphatic hydroxyl groups excluding tert-OH is 1. The molecule has 134 valence electrons. The molecule has 1 aromatic carbocycles. The number of hydrogen-bond donors (Lipinski definition) is 1. The molecule has 25 heavy (non-hydrogen) atoms. The van der Waals surface area contributed by atoms with Crippen LogP contribution in [0.1, 0.15) is 35.3 Å². The lowest BCUT2D eigenvalue weighted by atomic mass is 9.94. The second-order valence-electron chi connectivity index (χ2n) is 7.41. The average molecular weight is 339 g/mol. The highest BCUT2D eigenvalue weighted by Crippen LogP contribution is 2.36. The molecule has 1 fully saturated rings. The summed E-state index contributed by atoms with van der Waals surface area (Å²) in [5.74, 6) is 0.560. The minimum Gasteiger partial charge on any atom is -0.387 e. The summed E-state index contributed by atoms with van der Waals surface area (Å²) in [7, 11) is 4.30. The lowest BCUT2D eigenvalue weighted by Gasteiger charge is -2.29. The van der Waals surface area contributed by atoms with Crippen molar-refractivity contribution in [2.75, 3.05) is 33.7 Å². The molecule has 1 aliphatic heterocycles. The van der Waals surface area contributed by atoms with Gasteiger partial charge in [0.15, 0.2) is 0 Å². The van der Waals surface area contributed by atoms with Crippen LogP contribution in [0.2, 0.25) is 0 Å². The molecule has 0 aliphatic carbocycles. The standard InChI is InChI=1S/C21H29N3O/c1-16-6-8-17(9-7-16)20(25)15-23(2)14-19-10-12-24(3)21(19)18-5-4-11-22-13-18/h4-9,11,13,19-21,25H,10,12,14-15H2,1-3H3/t19-,20+,21-/m0/s1. The minimum absolute atomic E-state index is 0.410. The molecular weight excluding hydrogens is 310 g/mol. The summed E-state index contributed by atoms with van der Waals surface area (Å²) in [4.78, 5) is 8.98.